The lowest BCUT2D eigenvalue weighted by Gasteiger charge is -2.38. The summed E-state index contributed by atoms with van der Waals surface area (Å²) >= 11 is 3.17. The van der Waals surface area contributed by atoms with Gasteiger partial charge >= 0.3 is 0 Å². The van der Waals surface area contributed by atoms with Crippen molar-refractivity contribution < 1.29 is 18.7 Å². The molecule has 0 radical (unpaired) electrons. The van der Waals surface area contributed by atoms with Crippen molar-refractivity contribution in [1.29, 1.82) is 0 Å². The van der Waals surface area contributed by atoms with E-state index in [-0.39, 0.29) is 24.3 Å². The van der Waals surface area contributed by atoms with Gasteiger partial charge in [0.05, 0.1) is 5.92 Å². The molecule has 2 aromatic rings. The van der Waals surface area contributed by atoms with E-state index in [1.807, 2.05) is 6.92 Å². The van der Waals surface area contributed by atoms with Gasteiger partial charge in [0.2, 0.25) is 5.91 Å². The van der Waals surface area contributed by atoms with Crippen molar-refractivity contribution in [2.24, 2.45) is 5.73 Å². The van der Waals surface area contributed by atoms with Crippen LogP contribution >= 0.6 is 15.9 Å². The summed E-state index contributed by atoms with van der Waals surface area (Å²) in [4.78, 5) is 26.1. The van der Waals surface area contributed by atoms with E-state index in [4.69, 9.17) is 10.5 Å². The van der Waals surface area contributed by atoms with Gasteiger partial charge in [-0.25, -0.2) is 4.39 Å². The number of nitrogens with two attached hydrogens (primary N) is 1. The van der Waals surface area contributed by atoms with Gasteiger partial charge in [-0.3, -0.25) is 9.59 Å². The van der Waals surface area contributed by atoms with Crippen molar-refractivity contribution in [3.05, 3.63) is 58.3 Å². The minimum absolute atomic E-state index is 0.00881. The number of carbonyl (C=O) groups is 2. The fourth-order valence-electron chi connectivity index (χ4n) is 3.26. The molecule has 0 fully saturated rings. The standard InChI is InChI=1S/C19H18BrFN2O3/c1-11-8-14(19(22)25)13-4-2-3-5-16(13)23(11)18(24)10-26-17-7-6-12(20)9-15(17)21/h2-7,9,11,14H,8,10H2,1H3,(H2,22,25)/t11-,14-/m0/s1. The Kier molecular flexibility index (Phi) is 5.27. The van der Waals surface area contributed by atoms with Gasteiger partial charge in [0.25, 0.3) is 5.91 Å². The number of carbonyl (C=O) groups excluding carboxylic acids is 2. The molecule has 0 saturated heterocycles. The first-order chi connectivity index (χ1) is 12.4. The van der Waals surface area contributed by atoms with Crippen LogP contribution in [0.5, 0.6) is 5.75 Å². The average Bonchev–Trinajstić information content (AvgIpc) is 2.60. The fourth-order valence-corrected chi connectivity index (χ4v) is 3.60. The SMILES string of the molecule is C[C@H]1C[C@H](C(N)=O)c2ccccc2N1C(=O)COc1ccc(Br)cc1F. The van der Waals surface area contributed by atoms with Crippen molar-refractivity contribution in [2.75, 3.05) is 11.5 Å². The Labute approximate surface area is 159 Å². The van der Waals surface area contributed by atoms with Gasteiger partial charge in [-0.15, -0.1) is 0 Å². The zero-order valence-corrected chi connectivity index (χ0v) is 15.7. The molecule has 2 amide bonds. The lowest BCUT2D eigenvalue weighted by molar-refractivity contribution is -0.122. The molecule has 5 nitrogen and oxygen atoms in total. The molecule has 2 atom stereocenters. The van der Waals surface area contributed by atoms with Gasteiger partial charge in [0, 0.05) is 16.2 Å². The fraction of sp³-hybridized carbons (Fsp3) is 0.263. The number of fused-ring (bicyclic) bond motifs is 1. The monoisotopic (exact) mass is 420 g/mol. The second-order valence-electron chi connectivity index (χ2n) is 6.23. The van der Waals surface area contributed by atoms with Gasteiger partial charge in [-0.2, -0.15) is 0 Å². The van der Waals surface area contributed by atoms with E-state index in [9.17, 15) is 14.0 Å². The number of para-hydroxylation sites is 1. The van der Waals surface area contributed by atoms with Crippen LogP contribution in [0.4, 0.5) is 10.1 Å². The molecule has 0 bridgehead atoms. The van der Waals surface area contributed by atoms with E-state index < -0.39 is 17.6 Å². The Balaban J connectivity index is 1.82. The molecular formula is C19H18BrFN2O3. The van der Waals surface area contributed by atoms with Crippen molar-refractivity contribution in [1.82, 2.24) is 0 Å². The van der Waals surface area contributed by atoms with E-state index in [2.05, 4.69) is 15.9 Å². The summed E-state index contributed by atoms with van der Waals surface area (Å²) < 4.78 is 19.8. The summed E-state index contributed by atoms with van der Waals surface area (Å²) in [6.45, 7) is 1.54. The van der Waals surface area contributed by atoms with Crippen molar-refractivity contribution in [3.63, 3.8) is 0 Å². The first kappa shape index (κ1) is 18.4. The molecule has 7 heteroatoms. The second kappa shape index (κ2) is 7.45. The highest BCUT2D eigenvalue weighted by Crippen LogP contribution is 2.38. The number of primary amides is 1. The largest absolute Gasteiger partial charge is 0.481 e. The van der Waals surface area contributed by atoms with Gasteiger partial charge in [-0.05, 0) is 43.2 Å². The number of benzene rings is 2. The summed E-state index contributed by atoms with van der Waals surface area (Å²) in [6.07, 6.45) is 0.435. The number of rotatable bonds is 4. The van der Waals surface area contributed by atoms with Gasteiger partial charge in [0.1, 0.15) is 0 Å². The molecule has 0 spiro atoms. The van der Waals surface area contributed by atoms with E-state index in [1.165, 1.54) is 12.1 Å². The molecule has 26 heavy (non-hydrogen) atoms. The third-order valence-electron chi connectivity index (χ3n) is 4.45. The minimum atomic E-state index is -0.548. The number of nitrogens with zero attached hydrogens (tertiary/aromatic N) is 1. The van der Waals surface area contributed by atoms with Crippen LogP contribution < -0.4 is 15.4 Å². The Morgan fingerprint density at radius 3 is 2.73 bits per heavy atom. The molecule has 0 aromatic heterocycles. The molecule has 136 valence electrons. The molecule has 0 unspecified atom stereocenters. The van der Waals surface area contributed by atoms with E-state index in [0.717, 1.165) is 5.56 Å². The van der Waals surface area contributed by atoms with Crippen LogP contribution in [-0.4, -0.2) is 24.5 Å². The summed E-state index contributed by atoms with van der Waals surface area (Å²) in [5.74, 6) is -1.70. The first-order valence-corrected chi connectivity index (χ1v) is 8.96. The topological polar surface area (TPSA) is 72.6 Å². The highest BCUT2D eigenvalue weighted by Gasteiger charge is 2.36. The number of hydrogen-bond donors (Lipinski definition) is 1. The molecule has 0 saturated carbocycles. The second-order valence-corrected chi connectivity index (χ2v) is 7.14. The Bertz CT molecular complexity index is 858. The molecule has 2 aromatic carbocycles. The predicted molar refractivity (Wildman–Crippen MR) is 99.5 cm³/mol. The Morgan fingerprint density at radius 2 is 2.04 bits per heavy atom. The maximum absolute atomic E-state index is 13.9. The third kappa shape index (κ3) is 3.58. The smallest absolute Gasteiger partial charge is 0.265 e. The number of amides is 2. The van der Waals surface area contributed by atoms with Crippen LogP contribution in [0.1, 0.15) is 24.8 Å². The van der Waals surface area contributed by atoms with Crippen LogP contribution in [0.15, 0.2) is 46.9 Å². The van der Waals surface area contributed by atoms with Crippen LogP contribution in [0.25, 0.3) is 0 Å². The quantitative estimate of drug-likeness (QED) is 0.823. The van der Waals surface area contributed by atoms with Crippen LogP contribution in [0.2, 0.25) is 0 Å². The Hall–Kier alpha value is -2.41. The zero-order chi connectivity index (χ0) is 18.8. The molecule has 2 N–H and O–H groups in total. The molecular weight excluding hydrogens is 403 g/mol. The zero-order valence-electron chi connectivity index (χ0n) is 14.1. The maximum atomic E-state index is 13.9. The van der Waals surface area contributed by atoms with Crippen LogP contribution in [0.3, 0.4) is 0 Å². The lowest BCUT2D eigenvalue weighted by Crippen LogP contribution is -2.47. The number of anilines is 1. The molecule has 0 aliphatic carbocycles. The van der Waals surface area contributed by atoms with Crippen molar-refractivity contribution in [2.45, 2.75) is 25.3 Å². The van der Waals surface area contributed by atoms with Gasteiger partial charge in [0.15, 0.2) is 18.2 Å². The number of ether oxygens (including phenoxy) is 1. The third-order valence-corrected chi connectivity index (χ3v) is 4.94. The highest BCUT2D eigenvalue weighted by molar-refractivity contribution is 9.10. The van der Waals surface area contributed by atoms with Gasteiger partial charge < -0.3 is 15.4 Å². The van der Waals surface area contributed by atoms with Crippen molar-refractivity contribution in [3.8, 4) is 5.75 Å². The summed E-state index contributed by atoms with van der Waals surface area (Å²) in [5.41, 5.74) is 6.88. The molecule has 1 heterocycles. The maximum Gasteiger partial charge on any atom is 0.265 e. The van der Waals surface area contributed by atoms with Crippen molar-refractivity contribution >= 4 is 33.4 Å². The molecule has 1 aliphatic heterocycles. The van der Waals surface area contributed by atoms with E-state index in [1.54, 1.807) is 35.2 Å². The summed E-state index contributed by atoms with van der Waals surface area (Å²) in [7, 11) is 0. The van der Waals surface area contributed by atoms with E-state index in [0.29, 0.717) is 16.6 Å². The average molecular weight is 421 g/mol. The predicted octanol–water partition coefficient (Wildman–Crippen LogP) is 3.36. The van der Waals surface area contributed by atoms with E-state index >= 15 is 0 Å². The highest BCUT2D eigenvalue weighted by atomic mass is 79.9. The summed E-state index contributed by atoms with van der Waals surface area (Å²) in [5, 5.41) is 0. The molecule has 3 rings (SSSR count). The molecule has 1 aliphatic rings. The van der Waals surface area contributed by atoms with Crippen LogP contribution in [-0.2, 0) is 9.59 Å². The lowest BCUT2D eigenvalue weighted by atomic mass is 9.85. The number of halogens is 2. The minimum Gasteiger partial charge on any atom is -0.481 e. The first-order valence-electron chi connectivity index (χ1n) is 8.16. The number of hydrogen-bond acceptors (Lipinski definition) is 3. The Morgan fingerprint density at radius 1 is 1.31 bits per heavy atom. The summed E-state index contributed by atoms with van der Waals surface area (Å²) in [6, 6.07) is 11.3. The van der Waals surface area contributed by atoms with Gasteiger partial charge in [-0.1, -0.05) is 34.1 Å². The van der Waals surface area contributed by atoms with Crippen LogP contribution in [0, 0.1) is 5.82 Å². The normalized spacial score (nSPS) is 19.0.